The quantitative estimate of drug-likeness (QED) is 0.920. The summed E-state index contributed by atoms with van der Waals surface area (Å²) in [5.74, 6) is -1.19. The molecule has 0 spiro atoms. The first-order chi connectivity index (χ1) is 9.92. The minimum absolute atomic E-state index is 0.148. The Balaban J connectivity index is 2.07. The highest BCUT2D eigenvalue weighted by atomic mass is 16.4. The monoisotopic (exact) mass is 287 g/mol. The number of aromatic carboxylic acids is 1. The van der Waals surface area contributed by atoms with E-state index in [-0.39, 0.29) is 17.5 Å². The summed E-state index contributed by atoms with van der Waals surface area (Å²) in [6.45, 7) is 3.02. The maximum atomic E-state index is 12.3. The molecule has 0 fully saturated rings. The van der Waals surface area contributed by atoms with Crippen LogP contribution >= 0.6 is 0 Å². The molecule has 1 aromatic rings. The fraction of sp³-hybridized carbons (Fsp3) is 0.400. The third-order valence-electron chi connectivity index (χ3n) is 3.54. The van der Waals surface area contributed by atoms with Gasteiger partial charge < -0.3 is 14.9 Å². The summed E-state index contributed by atoms with van der Waals surface area (Å²) in [4.78, 5) is 26.4. The van der Waals surface area contributed by atoms with Crippen molar-refractivity contribution in [2.75, 3.05) is 13.6 Å². The van der Waals surface area contributed by atoms with Crippen LogP contribution in [0.25, 0.3) is 0 Å². The summed E-state index contributed by atoms with van der Waals surface area (Å²) in [6, 6.07) is 6.87. The lowest BCUT2D eigenvalue weighted by molar-refractivity contribution is 0.0696. The lowest BCUT2D eigenvalue weighted by Gasteiger charge is -2.25. The molecule has 110 valence electrons. The van der Waals surface area contributed by atoms with E-state index >= 15 is 0 Å². The standard InChI is InChI=1S/C15H17N3O3/c1-10(6-16)7-17(2)15(21)18-8-12-4-3-11(14(19)20)5-13(12)9-18/h3-5,10H,7-9H2,1-2H3,(H,19,20). The van der Waals surface area contributed by atoms with E-state index in [1.54, 1.807) is 37.1 Å². The third-order valence-corrected chi connectivity index (χ3v) is 3.54. The van der Waals surface area contributed by atoms with Gasteiger partial charge in [0.15, 0.2) is 0 Å². The number of carboxylic acids is 1. The number of carbonyl (C=O) groups is 2. The summed E-state index contributed by atoms with van der Waals surface area (Å²) >= 11 is 0. The fourth-order valence-corrected chi connectivity index (χ4v) is 2.43. The number of urea groups is 1. The lowest BCUT2D eigenvalue weighted by Crippen LogP contribution is -2.39. The van der Waals surface area contributed by atoms with Crippen LogP contribution in [0.3, 0.4) is 0 Å². The first-order valence-electron chi connectivity index (χ1n) is 6.67. The van der Waals surface area contributed by atoms with Crippen molar-refractivity contribution in [3.8, 4) is 6.07 Å². The molecule has 6 heteroatoms. The number of nitriles is 1. The Morgan fingerprint density at radius 1 is 1.43 bits per heavy atom. The van der Waals surface area contributed by atoms with Gasteiger partial charge in [-0.1, -0.05) is 6.07 Å². The van der Waals surface area contributed by atoms with E-state index in [4.69, 9.17) is 10.4 Å². The van der Waals surface area contributed by atoms with Gasteiger partial charge in [-0.3, -0.25) is 0 Å². The van der Waals surface area contributed by atoms with Crippen molar-refractivity contribution < 1.29 is 14.7 Å². The molecule has 0 radical (unpaired) electrons. The van der Waals surface area contributed by atoms with Gasteiger partial charge in [-0.15, -0.1) is 0 Å². The summed E-state index contributed by atoms with van der Waals surface area (Å²) in [7, 11) is 1.67. The summed E-state index contributed by atoms with van der Waals surface area (Å²) < 4.78 is 0. The number of hydrogen-bond donors (Lipinski definition) is 1. The molecule has 6 nitrogen and oxygen atoms in total. The van der Waals surface area contributed by atoms with Gasteiger partial charge in [0.25, 0.3) is 0 Å². The van der Waals surface area contributed by atoms with E-state index in [2.05, 4.69) is 6.07 Å². The van der Waals surface area contributed by atoms with Crippen LogP contribution in [0, 0.1) is 17.2 Å². The molecule has 0 aliphatic carbocycles. The van der Waals surface area contributed by atoms with Gasteiger partial charge in [-0.2, -0.15) is 5.26 Å². The van der Waals surface area contributed by atoms with Crippen LogP contribution in [0.1, 0.15) is 28.4 Å². The van der Waals surface area contributed by atoms with Crippen molar-refractivity contribution in [3.05, 3.63) is 34.9 Å². The van der Waals surface area contributed by atoms with Crippen molar-refractivity contribution in [1.29, 1.82) is 5.26 Å². The van der Waals surface area contributed by atoms with E-state index in [1.165, 1.54) is 4.90 Å². The number of fused-ring (bicyclic) bond motifs is 1. The van der Waals surface area contributed by atoms with E-state index in [0.717, 1.165) is 11.1 Å². The van der Waals surface area contributed by atoms with Crippen LogP contribution in [0.5, 0.6) is 0 Å². The molecule has 1 aliphatic heterocycles. The molecule has 0 bridgehead atoms. The Kier molecular flexibility index (Phi) is 4.13. The summed E-state index contributed by atoms with van der Waals surface area (Å²) in [6.07, 6.45) is 0. The molecule has 0 saturated heterocycles. The highest BCUT2D eigenvalue weighted by Gasteiger charge is 2.26. The Bertz CT molecular complexity index is 621. The van der Waals surface area contributed by atoms with Crippen molar-refractivity contribution in [2.24, 2.45) is 5.92 Å². The van der Waals surface area contributed by atoms with E-state index < -0.39 is 5.97 Å². The maximum Gasteiger partial charge on any atom is 0.335 e. The molecule has 2 rings (SSSR count). The number of rotatable bonds is 3. The van der Waals surface area contributed by atoms with Gasteiger partial charge in [0.1, 0.15) is 0 Å². The number of nitrogens with zero attached hydrogens (tertiary/aromatic N) is 3. The number of hydrogen-bond acceptors (Lipinski definition) is 3. The molecule has 1 heterocycles. The van der Waals surface area contributed by atoms with Crippen LogP contribution < -0.4 is 0 Å². The molecule has 1 unspecified atom stereocenters. The zero-order chi connectivity index (χ0) is 15.6. The second-order valence-corrected chi connectivity index (χ2v) is 5.34. The minimum atomic E-state index is -0.970. The third kappa shape index (κ3) is 3.14. The molecule has 0 saturated carbocycles. The largest absolute Gasteiger partial charge is 0.478 e. The Labute approximate surface area is 123 Å². The van der Waals surface area contributed by atoms with Gasteiger partial charge in [-0.25, -0.2) is 9.59 Å². The van der Waals surface area contributed by atoms with Crippen LogP contribution in [0.2, 0.25) is 0 Å². The fourth-order valence-electron chi connectivity index (χ4n) is 2.43. The van der Waals surface area contributed by atoms with Gasteiger partial charge in [0.05, 0.1) is 17.6 Å². The normalized spacial score (nSPS) is 14.2. The SMILES string of the molecule is CC(C#N)CN(C)C(=O)N1Cc2ccc(C(=O)O)cc2C1. The highest BCUT2D eigenvalue weighted by Crippen LogP contribution is 2.24. The first-order valence-corrected chi connectivity index (χ1v) is 6.67. The predicted octanol–water partition coefficient (Wildman–Crippen LogP) is 1.91. The summed E-state index contributed by atoms with van der Waals surface area (Å²) in [5.41, 5.74) is 2.06. The van der Waals surface area contributed by atoms with Crippen LogP contribution in [0.15, 0.2) is 18.2 Å². The Hall–Kier alpha value is -2.55. The molecule has 1 aliphatic rings. The second-order valence-electron chi connectivity index (χ2n) is 5.34. The number of amides is 2. The summed E-state index contributed by atoms with van der Waals surface area (Å²) in [5, 5.41) is 17.8. The number of benzene rings is 1. The average Bonchev–Trinajstić information content (AvgIpc) is 2.88. The molecule has 0 aromatic heterocycles. The Morgan fingerprint density at radius 3 is 2.71 bits per heavy atom. The van der Waals surface area contributed by atoms with Crippen molar-refractivity contribution in [1.82, 2.24) is 9.80 Å². The van der Waals surface area contributed by atoms with E-state index in [0.29, 0.717) is 19.6 Å². The van der Waals surface area contributed by atoms with E-state index in [1.807, 2.05) is 0 Å². The molecular formula is C15H17N3O3. The van der Waals surface area contributed by atoms with Gasteiger partial charge >= 0.3 is 12.0 Å². The zero-order valence-corrected chi connectivity index (χ0v) is 12.0. The topological polar surface area (TPSA) is 84.6 Å². The molecule has 1 atom stereocenters. The molecular weight excluding hydrogens is 270 g/mol. The van der Waals surface area contributed by atoms with Crippen molar-refractivity contribution >= 4 is 12.0 Å². The number of carbonyl (C=O) groups excluding carboxylic acids is 1. The average molecular weight is 287 g/mol. The lowest BCUT2D eigenvalue weighted by atomic mass is 10.1. The van der Waals surface area contributed by atoms with Gasteiger partial charge in [0, 0.05) is 26.7 Å². The molecule has 2 amide bonds. The molecule has 21 heavy (non-hydrogen) atoms. The molecule has 1 aromatic carbocycles. The van der Waals surface area contributed by atoms with Crippen LogP contribution in [0.4, 0.5) is 4.79 Å². The van der Waals surface area contributed by atoms with Crippen molar-refractivity contribution in [3.63, 3.8) is 0 Å². The molecule has 1 N–H and O–H groups in total. The second kappa shape index (κ2) is 5.83. The number of carboxylic acid groups (broad SMARTS) is 1. The maximum absolute atomic E-state index is 12.3. The van der Waals surface area contributed by atoms with Gasteiger partial charge in [0.2, 0.25) is 0 Å². The van der Waals surface area contributed by atoms with Gasteiger partial charge in [-0.05, 0) is 30.2 Å². The highest BCUT2D eigenvalue weighted by molar-refractivity contribution is 5.88. The van der Waals surface area contributed by atoms with E-state index in [9.17, 15) is 9.59 Å². The van der Waals surface area contributed by atoms with Crippen LogP contribution in [-0.2, 0) is 13.1 Å². The zero-order valence-electron chi connectivity index (χ0n) is 12.0. The minimum Gasteiger partial charge on any atom is -0.478 e. The first kappa shape index (κ1) is 14.9. The van der Waals surface area contributed by atoms with Crippen LogP contribution in [-0.4, -0.2) is 40.5 Å². The smallest absolute Gasteiger partial charge is 0.335 e. The van der Waals surface area contributed by atoms with Crippen molar-refractivity contribution in [2.45, 2.75) is 20.0 Å². The Morgan fingerprint density at radius 2 is 2.10 bits per heavy atom. The predicted molar refractivity (Wildman–Crippen MR) is 75.5 cm³/mol.